The molecule has 0 radical (unpaired) electrons. The maximum atomic E-state index is 12.8. The summed E-state index contributed by atoms with van der Waals surface area (Å²) >= 11 is 0.535. The van der Waals surface area contributed by atoms with Crippen molar-refractivity contribution in [2.75, 3.05) is 5.75 Å². The van der Waals surface area contributed by atoms with Crippen LogP contribution in [0.2, 0.25) is 0 Å². The molecule has 5 atom stereocenters. The number of carboxylic acid groups (broad SMARTS) is 1. The minimum atomic E-state index is -1.92. The SMILES string of the molecule is CC(=O)N[C@@H](CS[13C](=O)[13C@]1([13C@H](O)[13CH]([13CH3])[13CH3])NC(=O)[C@H](C)[C@@H]1O)C(=O)O. The van der Waals surface area contributed by atoms with Crippen LogP contribution >= 0.6 is 11.8 Å². The van der Waals surface area contributed by atoms with Crippen LogP contribution in [-0.4, -0.2) is 67.8 Å². The lowest BCUT2D eigenvalue weighted by atomic mass is 10.1. The number of aliphatic carboxylic acids is 1. The molecule has 1 rings (SSSR count). The summed E-state index contributed by atoms with van der Waals surface area (Å²) in [6.45, 7) is 5.84. The van der Waals surface area contributed by atoms with Crippen LogP contribution in [0.4, 0.5) is 0 Å². The van der Waals surface area contributed by atoms with Gasteiger partial charge < -0.3 is 26.0 Å². The van der Waals surface area contributed by atoms with Gasteiger partial charge in [-0.25, -0.2) is 4.79 Å². The molecule has 0 unspecified atom stereocenters. The van der Waals surface area contributed by atoms with Crippen LogP contribution in [0.1, 0.15) is 27.7 Å². The molecule has 0 aromatic rings. The number of carboxylic acids is 1. The largest absolute Gasteiger partial charge is 0.480 e. The lowest BCUT2D eigenvalue weighted by Crippen LogP contribution is -2.64. The van der Waals surface area contributed by atoms with Gasteiger partial charge >= 0.3 is 5.97 Å². The van der Waals surface area contributed by atoms with E-state index in [1.807, 2.05) is 0 Å². The Kier molecular flexibility index (Phi) is 6.98. The molecule has 0 aromatic carbocycles. The maximum Gasteiger partial charge on any atom is 0.327 e. The van der Waals surface area contributed by atoms with E-state index in [4.69, 9.17) is 5.11 Å². The second-order valence-electron chi connectivity index (χ2n) is 6.47. The highest BCUT2D eigenvalue weighted by atomic mass is 32.2. The predicted octanol–water partition coefficient (Wildman–Crippen LogP) is -1.28. The van der Waals surface area contributed by atoms with E-state index < -0.39 is 58.5 Å². The van der Waals surface area contributed by atoms with Gasteiger partial charge in [-0.05, 0) is 5.92 Å². The van der Waals surface area contributed by atoms with Gasteiger partial charge in [0.15, 0.2) is 5.54 Å². The molecule has 0 saturated carbocycles. The minimum absolute atomic E-state index is 0.308. The summed E-state index contributed by atoms with van der Waals surface area (Å²) in [6.07, 6.45) is -2.82. The molecule has 0 bridgehead atoms. The van der Waals surface area contributed by atoms with Crippen molar-refractivity contribution < 1.29 is 34.5 Å². The molecule has 1 aliphatic heterocycles. The summed E-state index contributed by atoms with van der Waals surface area (Å²) in [4.78, 5) is 46.9. The quantitative estimate of drug-likeness (QED) is 0.341. The Morgan fingerprint density at radius 2 is 1.92 bits per heavy atom. The fraction of sp³-hybridized carbons (Fsp3) is 0.733. The van der Waals surface area contributed by atoms with Gasteiger partial charge in [-0.3, -0.25) is 14.4 Å². The molecule has 0 spiro atoms. The van der Waals surface area contributed by atoms with Gasteiger partial charge in [0.2, 0.25) is 16.9 Å². The van der Waals surface area contributed by atoms with Crippen LogP contribution in [0.5, 0.6) is 0 Å². The van der Waals surface area contributed by atoms with Crippen molar-refractivity contribution in [2.45, 2.75) is 51.5 Å². The van der Waals surface area contributed by atoms with Gasteiger partial charge in [-0.15, -0.1) is 0 Å². The average Bonchev–Trinajstić information content (AvgIpc) is 2.74. The van der Waals surface area contributed by atoms with Crippen LogP contribution in [0.15, 0.2) is 0 Å². The first-order chi connectivity index (χ1) is 11.4. The second kappa shape index (κ2) is 8.15. The highest BCUT2D eigenvalue weighted by Crippen LogP contribution is 2.36. The van der Waals surface area contributed by atoms with E-state index in [0.717, 1.165) is 6.92 Å². The van der Waals surface area contributed by atoms with Gasteiger partial charge in [0.05, 0.1) is 18.1 Å². The highest BCUT2D eigenvalue weighted by Gasteiger charge is 2.60. The first-order valence-corrected chi connectivity index (χ1v) is 8.79. The van der Waals surface area contributed by atoms with E-state index in [-0.39, 0.29) is 5.75 Å². The maximum absolute atomic E-state index is 12.8. The minimum Gasteiger partial charge on any atom is -0.480 e. The molecule has 25 heavy (non-hydrogen) atoms. The number of nitrogens with one attached hydrogen (secondary N) is 2. The molecule has 1 fully saturated rings. The van der Waals surface area contributed by atoms with Gasteiger partial charge in [0, 0.05) is 12.7 Å². The Bertz CT molecular complexity index is 568. The van der Waals surface area contributed by atoms with Crippen molar-refractivity contribution in [2.24, 2.45) is 11.8 Å². The fourth-order valence-electron chi connectivity index (χ4n) is 2.70. The van der Waals surface area contributed by atoms with E-state index in [9.17, 15) is 29.4 Å². The van der Waals surface area contributed by atoms with E-state index in [1.165, 1.54) is 6.92 Å². The van der Waals surface area contributed by atoms with Crippen LogP contribution in [0, 0.1) is 11.8 Å². The summed E-state index contributed by atoms with van der Waals surface area (Å²) in [6, 6.07) is -1.31. The average molecular weight is 382 g/mol. The topological polar surface area (TPSA) is 153 Å². The first-order valence-electron chi connectivity index (χ1n) is 7.80. The zero-order valence-electron chi connectivity index (χ0n) is 14.5. The summed E-state index contributed by atoms with van der Waals surface area (Å²) in [5.74, 6) is -4.12. The van der Waals surface area contributed by atoms with Crippen LogP contribution in [0.3, 0.4) is 0 Å². The van der Waals surface area contributed by atoms with Crippen molar-refractivity contribution in [1.82, 2.24) is 10.6 Å². The number of thioether (sulfide) groups is 1. The molecule has 142 valence electrons. The van der Waals surface area contributed by atoms with Crippen LogP contribution in [-0.2, 0) is 19.2 Å². The van der Waals surface area contributed by atoms with Gasteiger partial charge in [0.1, 0.15) is 6.04 Å². The lowest BCUT2D eigenvalue weighted by Gasteiger charge is -2.37. The smallest absolute Gasteiger partial charge is 0.327 e. The number of carbonyl (C=O) groups excluding carboxylic acids is 3. The summed E-state index contributed by atoms with van der Waals surface area (Å²) < 4.78 is 0. The third-order valence-corrected chi connectivity index (χ3v) is 5.28. The molecule has 10 heteroatoms. The number of aliphatic hydroxyl groups is 2. The molecule has 2 amide bonds. The Hall–Kier alpha value is -1.65. The Labute approximate surface area is 149 Å². The molecular formula is C15H24N2O7S. The van der Waals surface area contributed by atoms with Crippen molar-refractivity contribution in [3.63, 3.8) is 0 Å². The van der Waals surface area contributed by atoms with Crippen molar-refractivity contribution >= 4 is 34.7 Å². The highest BCUT2D eigenvalue weighted by molar-refractivity contribution is 8.13. The number of rotatable bonds is 7. The van der Waals surface area contributed by atoms with E-state index >= 15 is 0 Å². The van der Waals surface area contributed by atoms with E-state index in [2.05, 4.69) is 10.6 Å². The summed E-state index contributed by atoms with van der Waals surface area (Å²) in [5, 5.41) is 33.8. The number of hydrogen-bond acceptors (Lipinski definition) is 7. The molecule has 9 nitrogen and oxygen atoms in total. The Balaban J connectivity index is 3.04. The normalized spacial score (nSPS) is 28.4. The molecule has 0 aromatic heterocycles. The van der Waals surface area contributed by atoms with Gasteiger partial charge in [-0.1, -0.05) is 32.5 Å². The zero-order valence-corrected chi connectivity index (χ0v) is 15.3. The Morgan fingerprint density at radius 3 is 2.28 bits per heavy atom. The van der Waals surface area contributed by atoms with Gasteiger partial charge in [0.25, 0.3) is 0 Å². The monoisotopic (exact) mass is 382 g/mol. The van der Waals surface area contributed by atoms with Gasteiger partial charge in [-0.2, -0.15) is 0 Å². The third-order valence-electron chi connectivity index (χ3n) is 4.18. The third kappa shape index (κ3) is 4.31. The second-order valence-corrected chi connectivity index (χ2v) is 7.46. The zero-order chi connectivity index (χ0) is 19.5. The number of carbonyl (C=O) groups is 4. The standard InChI is InChI=1S/C15H24N2O7S/c1-6(2)10(19)15(11(20)7(3)12(21)17-15)14(24)25-5-9(13(22)23)16-8(4)18/h6-7,9-11,19-20H,5H2,1-4H3,(H,16,18)(H,17,21)(H,22,23)/t7-,9+,10-,11+,15-/m1/s1/i1+1,2+1,6+1,10+1,14+1,15+1. The Morgan fingerprint density at radius 1 is 1.36 bits per heavy atom. The number of aliphatic hydroxyl groups excluding tert-OH is 2. The molecule has 1 saturated heterocycles. The first kappa shape index (κ1) is 21.4. The summed E-state index contributed by atoms with van der Waals surface area (Å²) in [5.41, 5.74) is -1.92. The van der Waals surface area contributed by atoms with E-state index in [1.54, 1.807) is 13.8 Å². The lowest BCUT2D eigenvalue weighted by molar-refractivity contribution is -0.140. The fourth-order valence-corrected chi connectivity index (χ4v) is 3.77. The molecule has 5 N–H and O–H groups in total. The number of hydrogen-bond donors (Lipinski definition) is 5. The molecule has 0 aliphatic carbocycles. The summed E-state index contributed by atoms with van der Waals surface area (Å²) in [7, 11) is 0. The van der Waals surface area contributed by atoms with Crippen molar-refractivity contribution in [1.29, 1.82) is 0 Å². The van der Waals surface area contributed by atoms with Crippen molar-refractivity contribution in [3.8, 4) is 0 Å². The number of amides is 2. The molecular weight excluding hydrogens is 358 g/mol. The van der Waals surface area contributed by atoms with Crippen molar-refractivity contribution in [3.05, 3.63) is 0 Å². The molecule has 1 aliphatic rings. The van der Waals surface area contributed by atoms with Crippen LogP contribution < -0.4 is 10.6 Å². The predicted molar refractivity (Wildman–Crippen MR) is 89.6 cm³/mol. The van der Waals surface area contributed by atoms with E-state index in [0.29, 0.717) is 11.8 Å². The van der Waals surface area contributed by atoms with Crippen LogP contribution in [0.25, 0.3) is 0 Å². The molecule has 1 heterocycles.